The topological polar surface area (TPSA) is 83.0 Å². The van der Waals surface area contributed by atoms with Gasteiger partial charge in [-0.05, 0) is 12.1 Å². The van der Waals surface area contributed by atoms with Gasteiger partial charge in [-0.2, -0.15) is 0 Å². The Morgan fingerprint density at radius 2 is 2.32 bits per heavy atom. The molecular formula is C12H13ClN4O2. The second kappa shape index (κ2) is 5.27. The minimum Gasteiger partial charge on any atom is -0.464 e. The van der Waals surface area contributed by atoms with Crippen molar-refractivity contribution in [1.29, 1.82) is 0 Å². The number of nitrogen functional groups attached to an aromatic ring is 1. The second-order valence-corrected chi connectivity index (χ2v) is 4.16. The van der Waals surface area contributed by atoms with Crippen LogP contribution in [-0.2, 0) is 11.2 Å². The third kappa shape index (κ3) is 2.26. The van der Waals surface area contributed by atoms with Crippen LogP contribution in [0.4, 0.5) is 5.82 Å². The lowest BCUT2D eigenvalue weighted by atomic mass is 10.4. The number of carbonyl (C=O) groups is 1. The quantitative estimate of drug-likeness (QED) is 0.868. The van der Waals surface area contributed by atoms with Crippen molar-refractivity contribution in [3.8, 4) is 5.82 Å². The number of pyridine rings is 1. The van der Waals surface area contributed by atoms with Crippen molar-refractivity contribution in [3.63, 3.8) is 0 Å². The van der Waals surface area contributed by atoms with E-state index >= 15 is 0 Å². The lowest BCUT2D eigenvalue weighted by Gasteiger charge is -2.09. The van der Waals surface area contributed by atoms with Gasteiger partial charge in [-0.15, -0.1) is 0 Å². The number of nitrogens with zero attached hydrogens (tertiary/aromatic N) is 3. The number of esters is 1. The number of hydrogen-bond acceptors (Lipinski definition) is 5. The molecule has 0 atom stereocenters. The van der Waals surface area contributed by atoms with E-state index in [4.69, 9.17) is 17.3 Å². The Kier molecular flexibility index (Phi) is 3.71. The highest BCUT2D eigenvalue weighted by Gasteiger charge is 2.22. The Bertz CT molecular complexity index is 624. The summed E-state index contributed by atoms with van der Waals surface area (Å²) in [6.45, 7) is 1.90. The van der Waals surface area contributed by atoms with E-state index in [1.54, 1.807) is 22.9 Å². The lowest BCUT2D eigenvalue weighted by molar-refractivity contribution is 0.0596. The molecule has 0 fully saturated rings. The van der Waals surface area contributed by atoms with Crippen LogP contribution in [0.25, 0.3) is 5.82 Å². The number of nitrogens with two attached hydrogens (primary N) is 1. The summed E-state index contributed by atoms with van der Waals surface area (Å²) in [6, 6.07) is 3.41. The van der Waals surface area contributed by atoms with Gasteiger partial charge in [-0.3, -0.25) is 4.57 Å². The standard InChI is InChI=1S/C12H13ClN4O2/c1-3-8-16-9(12(18)19-2)10(14)17(8)11-7(13)5-4-6-15-11/h4-6H,3,14H2,1-2H3. The monoisotopic (exact) mass is 280 g/mol. The highest BCUT2D eigenvalue weighted by atomic mass is 35.5. The SMILES string of the molecule is CCc1nc(C(=O)OC)c(N)n1-c1ncccc1Cl. The predicted octanol–water partition coefficient (Wildman–Crippen LogP) is 1.85. The molecule has 0 aliphatic carbocycles. The average molecular weight is 281 g/mol. The van der Waals surface area contributed by atoms with Crippen LogP contribution in [0, 0.1) is 0 Å². The van der Waals surface area contributed by atoms with Crippen LogP contribution in [0.5, 0.6) is 0 Å². The Balaban J connectivity index is 2.66. The predicted molar refractivity (Wildman–Crippen MR) is 71.5 cm³/mol. The molecule has 100 valence electrons. The molecule has 0 aromatic carbocycles. The van der Waals surface area contributed by atoms with Crippen LogP contribution >= 0.6 is 11.6 Å². The highest BCUT2D eigenvalue weighted by Crippen LogP contribution is 2.25. The molecule has 0 radical (unpaired) electrons. The van der Waals surface area contributed by atoms with Gasteiger partial charge in [0.25, 0.3) is 0 Å². The van der Waals surface area contributed by atoms with Crippen molar-refractivity contribution in [2.75, 3.05) is 12.8 Å². The number of ether oxygens (including phenoxy) is 1. The van der Waals surface area contributed by atoms with E-state index in [-0.39, 0.29) is 11.5 Å². The van der Waals surface area contributed by atoms with Gasteiger partial charge in [0.1, 0.15) is 11.6 Å². The van der Waals surface area contributed by atoms with Crippen molar-refractivity contribution in [2.24, 2.45) is 0 Å². The molecule has 2 N–H and O–H groups in total. The number of methoxy groups -OCH3 is 1. The van der Waals surface area contributed by atoms with Crippen molar-refractivity contribution in [2.45, 2.75) is 13.3 Å². The summed E-state index contributed by atoms with van der Waals surface area (Å²) in [6.07, 6.45) is 2.17. The molecule has 0 aliphatic rings. The zero-order chi connectivity index (χ0) is 14.0. The minimum atomic E-state index is -0.585. The molecule has 2 aromatic heterocycles. The van der Waals surface area contributed by atoms with E-state index in [1.807, 2.05) is 6.92 Å². The summed E-state index contributed by atoms with van der Waals surface area (Å²) in [5.41, 5.74) is 6.03. The number of aryl methyl sites for hydroxylation is 1. The molecule has 7 heteroatoms. The van der Waals surface area contributed by atoms with Crippen LogP contribution in [0.15, 0.2) is 18.3 Å². The summed E-state index contributed by atoms with van der Waals surface area (Å²) < 4.78 is 6.21. The van der Waals surface area contributed by atoms with Gasteiger partial charge in [-0.1, -0.05) is 18.5 Å². The molecule has 0 amide bonds. The van der Waals surface area contributed by atoms with Gasteiger partial charge >= 0.3 is 5.97 Å². The Morgan fingerprint density at radius 3 is 2.89 bits per heavy atom. The molecule has 0 bridgehead atoms. The van der Waals surface area contributed by atoms with E-state index in [1.165, 1.54) is 7.11 Å². The van der Waals surface area contributed by atoms with Gasteiger partial charge in [-0.25, -0.2) is 14.8 Å². The number of halogens is 1. The number of aromatic nitrogens is 3. The van der Waals surface area contributed by atoms with Crippen molar-refractivity contribution in [3.05, 3.63) is 34.9 Å². The van der Waals surface area contributed by atoms with Gasteiger partial charge in [0.05, 0.1) is 12.1 Å². The third-order valence-electron chi connectivity index (χ3n) is 2.63. The van der Waals surface area contributed by atoms with E-state index in [0.717, 1.165) is 0 Å². The molecule has 19 heavy (non-hydrogen) atoms. The normalized spacial score (nSPS) is 10.5. The van der Waals surface area contributed by atoms with E-state index in [9.17, 15) is 4.79 Å². The van der Waals surface area contributed by atoms with Crippen molar-refractivity contribution in [1.82, 2.24) is 14.5 Å². The molecule has 2 rings (SSSR count). The van der Waals surface area contributed by atoms with Crippen LogP contribution in [0.1, 0.15) is 23.2 Å². The number of rotatable bonds is 3. The molecule has 2 aromatic rings. The average Bonchev–Trinajstić information content (AvgIpc) is 2.75. The molecule has 0 unspecified atom stereocenters. The molecule has 6 nitrogen and oxygen atoms in total. The molecule has 0 saturated heterocycles. The van der Waals surface area contributed by atoms with Crippen molar-refractivity contribution < 1.29 is 9.53 Å². The first-order chi connectivity index (χ1) is 9.10. The largest absolute Gasteiger partial charge is 0.464 e. The first-order valence-electron chi connectivity index (χ1n) is 5.66. The Labute approximate surface area is 115 Å². The van der Waals surface area contributed by atoms with Gasteiger partial charge in [0, 0.05) is 12.6 Å². The summed E-state index contributed by atoms with van der Waals surface area (Å²) >= 11 is 6.10. The van der Waals surface area contributed by atoms with E-state index in [0.29, 0.717) is 23.1 Å². The third-order valence-corrected chi connectivity index (χ3v) is 2.92. The summed E-state index contributed by atoms with van der Waals surface area (Å²) in [5.74, 6) is 0.627. The van der Waals surface area contributed by atoms with Crippen LogP contribution < -0.4 is 5.73 Å². The highest BCUT2D eigenvalue weighted by molar-refractivity contribution is 6.32. The van der Waals surface area contributed by atoms with E-state index < -0.39 is 5.97 Å². The second-order valence-electron chi connectivity index (χ2n) is 3.75. The fraction of sp³-hybridized carbons (Fsp3) is 0.250. The summed E-state index contributed by atoms with van der Waals surface area (Å²) in [5, 5.41) is 0.428. The van der Waals surface area contributed by atoms with Gasteiger partial charge in [0.2, 0.25) is 0 Å². The molecule has 0 spiro atoms. The first kappa shape index (κ1) is 13.4. The number of imidazole rings is 1. The van der Waals surface area contributed by atoms with Crippen LogP contribution in [0.3, 0.4) is 0 Å². The maximum atomic E-state index is 11.6. The Hall–Kier alpha value is -2.08. The zero-order valence-corrected chi connectivity index (χ0v) is 11.3. The Morgan fingerprint density at radius 1 is 1.58 bits per heavy atom. The fourth-order valence-corrected chi connectivity index (χ4v) is 1.95. The smallest absolute Gasteiger partial charge is 0.360 e. The fourth-order valence-electron chi connectivity index (χ4n) is 1.74. The first-order valence-corrected chi connectivity index (χ1v) is 6.04. The number of hydrogen-bond donors (Lipinski definition) is 1. The summed E-state index contributed by atoms with van der Waals surface area (Å²) in [7, 11) is 1.28. The molecular weight excluding hydrogens is 268 g/mol. The molecule has 2 heterocycles. The van der Waals surface area contributed by atoms with Gasteiger partial charge in [0.15, 0.2) is 11.5 Å². The van der Waals surface area contributed by atoms with Crippen LogP contribution in [-0.4, -0.2) is 27.6 Å². The maximum absolute atomic E-state index is 11.6. The van der Waals surface area contributed by atoms with Crippen molar-refractivity contribution >= 4 is 23.4 Å². The number of carbonyl (C=O) groups excluding carboxylic acids is 1. The van der Waals surface area contributed by atoms with Gasteiger partial charge < -0.3 is 10.5 Å². The van der Waals surface area contributed by atoms with E-state index in [2.05, 4.69) is 14.7 Å². The lowest BCUT2D eigenvalue weighted by Crippen LogP contribution is -2.09. The maximum Gasteiger partial charge on any atom is 0.360 e. The zero-order valence-electron chi connectivity index (χ0n) is 10.6. The minimum absolute atomic E-state index is 0.0704. The molecule has 0 saturated carbocycles. The number of anilines is 1. The molecule has 0 aliphatic heterocycles. The van der Waals surface area contributed by atoms with Crippen LogP contribution in [0.2, 0.25) is 5.02 Å². The summed E-state index contributed by atoms with van der Waals surface area (Å²) in [4.78, 5) is 20.0.